The Labute approximate surface area is 67.6 Å². The van der Waals surface area contributed by atoms with Gasteiger partial charge in [-0.1, -0.05) is 0 Å². The van der Waals surface area contributed by atoms with Crippen LogP contribution in [0.2, 0.25) is 0 Å². The van der Waals surface area contributed by atoms with E-state index in [1.54, 1.807) is 11.4 Å². The number of thiophene rings is 1. The van der Waals surface area contributed by atoms with Crippen LogP contribution in [0.25, 0.3) is 0 Å². The molecule has 0 aliphatic rings. The number of esters is 1. The molecule has 0 aromatic carbocycles. The maximum Gasteiger partial charge on any atom is 0.310 e. The lowest BCUT2D eigenvalue weighted by Gasteiger charge is -1.95. The van der Waals surface area contributed by atoms with E-state index >= 15 is 0 Å². The zero-order chi connectivity index (χ0) is 8.27. The van der Waals surface area contributed by atoms with E-state index in [0.29, 0.717) is 5.56 Å². The van der Waals surface area contributed by atoms with Gasteiger partial charge in [0.2, 0.25) is 0 Å². The summed E-state index contributed by atoms with van der Waals surface area (Å²) < 4.78 is 17.0. The lowest BCUT2D eigenvalue weighted by molar-refractivity contribution is -0.139. The molecular formula is C7H7FO2S. The molecule has 1 heterocycles. The second-order valence-electron chi connectivity index (χ2n) is 1.97. The molecule has 0 saturated carbocycles. The van der Waals surface area contributed by atoms with Crippen LogP contribution in [0.3, 0.4) is 0 Å². The van der Waals surface area contributed by atoms with Crippen LogP contribution in [0.1, 0.15) is 5.56 Å². The summed E-state index contributed by atoms with van der Waals surface area (Å²) in [5, 5.41) is 1.29. The smallest absolute Gasteiger partial charge is 0.310 e. The van der Waals surface area contributed by atoms with Crippen LogP contribution in [0.5, 0.6) is 0 Å². The van der Waals surface area contributed by atoms with Gasteiger partial charge in [0.15, 0.2) is 5.13 Å². The lowest BCUT2D eigenvalue weighted by Crippen LogP contribution is -2.04. The van der Waals surface area contributed by atoms with E-state index in [9.17, 15) is 9.18 Å². The van der Waals surface area contributed by atoms with Crippen LogP contribution in [0.15, 0.2) is 11.4 Å². The van der Waals surface area contributed by atoms with Gasteiger partial charge in [0.25, 0.3) is 0 Å². The van der Waals surface area contributed by atoms with Gasteiger partial charge < -0.3 is 4.74 Å². The Bertz CT molecular complexity index is 257. The molecule has 0 aliphatic carbocycles. The maximum atomic E-state index is 12.7. The van der Waals surface area contributed by atoms with Crippen molar-refractivity contribution in [1.29, 1.82) is 0 Å². The first kappa shape index (κ1) is 8.20. The van der Waals surface area contributed by atoms with Gasteiger partial charge in [-0.3, -0.25) is 4.79 Å². The number of carbonyl (C=O) groups excluding carboxylic acids is 1. The monoisotopic (exact) mass is 174 g/mol. The molecule has 1 aromatic heterocycles. The summed E-state index contributed by atoms with van der Waals surface area (Å²) in [7, 11) is 1.28. The molecule has 0 atom stereocenters. The summed E-state index contributed by atoms with van der Waals surface area (Å²) in [5.74, 6) is -0.415. The summed E-state index contributed by atoms with van der Waals surface area (Å²) in [6.07, 6.45) is 0.0197. The zero-order valence-corrected chi connectivity index (χ0v) is 6.78. The predicted molar refractivity (Wildman–Crippen MR) is 40.0 cm³/mol. The topological polar surface area (TPSA) is 26.3 Å². The zero-order valence-electron chi connectivity index (χ0n) is 5.96. The molecule has 0 saturated heterocycles. The minimum absolute atomic E-state index is 0.0197. The highest BCUT2D eigenvalue weighted by Crippen LogP contribution is 2.14. The van der Waals surface area contributed by atoms with Crippen molar-refractivity contribution >= 4 is 17.3 Å². The number of halogens is 1. The minimum Gasteiger partial charge on any atom is -0.469 e. The fraction of sp³-hybridized carbons (Fsp3) is 0.286. The SMILES string of the molecule is COC(=O)Cc1ccsc1F. The average Bonchev–Trinajstić information content (AvgIpc) is 2.37. The Morgan fingerprint density at radius 3 is 3.00 bits per heavy atom. The highest BCUT2D eigenvalue weighted by molar-refractivity contribution is 7.08. The minimum atomic E-state index is -0.415. The van der Waals surface area contributed by atoms with Crippen LogP contribution < -0.4 is 0 Å². The first-order valence-electron chi connectivity index (χ1n) is 3.02. The normalized spacial score (nSPS) is 9.64. The standard InChI is InChI=1S/C7H7FO2S/c1-10-6(9)4-5-2-3-11-7(5)8/h2-3H,4H2,1H3. The average molecular weight is 174 g/mol. The van der Waals surface area contributed by atoms with Crippen molar-refractivity contribution in [2.75, 3.05) is 7.11 Å². The number of ether oxygens (including phenoxy) is 1. The van der Waals surface area contributed by atoms with E-state index in [-0.39, 0.29) is 11.6 Å². The van der Waals surface area contributed by atoms with Gasteiger partial charge in [-0.15, -0.1) is 11.3 Å². The molecule has 60 valence electrons. The van der Waals surface area contributed by atoms with Gasteiger partial charge in [0, 0.05) is 5.56 Å². The Morgan fingerprint density at radius 1 is 1.82 bits per heavy atom. The fourth-order valence-electron chi connectivity index (χ4n) is 0.673. The van der Waals surface area contributed by atoms with Gasteiger partial charge in [-0.05, 0) is 11.4 Å². The van der Waals surface area contributed by atoms with E-state index in [4.69, 9.17) is 0 Å². The van der Waals surface area contributed by atoms with Gasteiger partial charge in [0.05, 0.1) is 13.5 Å². The molecule has 0 amide bonds. The highest BCUT2D eigenvalue weighted by atomic mass is 32.1. The lowest BCUT2D eigenvalue weighted by atomic mass is 10.2. The molecule has 4 heteroatoms. The van der Waals surface area contributed by atoms with E-state index in [0.717, 1.165) is 11.3 Å². The van der Waals surface area contributed by atoms with Gasteiger partial charge in [0.1, 0.15) is 0 Å². The second kappa shape index (κ2) is 3.48. The van der Waals surface area contributed by atoms with Crippen molar-refractivity contribution in [3.05, 3.63) is 22.1 Å². The summed E-state index contributed by atoms with van der Waals surface area (Å²) >= 11 is 0.982. The third-order valence-electron chi connectivity index (χ3n) is 1.26. The predicted octanol–water partition coefficient (Wildman–Crippen LogP) is 1.60. The highest BCUT2D eigenvalue weighted by Gasteiger charge is 2.08. The third kappa shape index (κ3) is 2.01. The van der Waals surface area contributed by atoms with E-state index < -0.39 is 5.97 Å². The molecule has 1 rings (SSSR count). The first-order chi connectivity index (χ1) is 5.24. The summed E-state index contributed by atoms with van der Waals surface area (Å²) in [6, 6.07) is 1.58. The van der Waals surface area contributed by atoms with Crippen molar-refractivity contribution in [1.82, 2.24) is 0 Å². The molecule has 1 aromatic rings. The van der Waals surface area contributed by atoms with Crippen LogP contribution in [0, 0.1) is 5.13 Å². The second-order valence-corrected chi connectivity index (χ2v) is 2.84. The van der Waals surface area contributed by atoms with Crippen LogP contribution in [-0.2, 0) is 16.0 Å². The first-order valence-corrected chi connectivity index (χ1v) is 3.90. The van der Waals surface area contributed by atoms with E-state index in [1.165, 1.54) is 7.11 Å². The molecule has 0 fully saturated rings. The molecule has 0 unspecified atom stereocenters. The molecule has 2 nitrogen and oxygen atoms in total. The van der Waals surface area contributed by atoms with Gasteiger partial charge in [-0.25, -0.2) is 0 Å². The number of hydrogen-bond donors (Lipinski definition) is 0. The molecule has 11 heavy (non-hydrogen) atoms. The largest absolute Gasteiger partial charge is 0.469 e. The van der Waals surface area contributed by atoms with Gasteiger partial charge in [-0.2, -0.15) is 4.39 Å². The van der Waals surface area contributed by atoms with E-state index in [1.807, 2.05) is 0 Å². The molecular weight excluding hydrogens is 167 g/mol. The Balaban J connectivity index is 2.64. The molecule has 0 radical (unpaired) electrons. The Hall–Kier alpha value is -0.900. The fourth-order valence-corrected chi connectivity index (χ4v) is 1.32. The van der Waals surface area contributed by atoms with Crippen LogP contribution in [-0.4, -0.2) is 13.1 Å². The van der Waals surface area contributed by atoms with Crippen molar-refractivity contribution < 1.29 is 13.9 Å². The number of methoxy groups -OCH3 is 1. The quantitative estimate of drug-likeness (QED) is 0.636. The number of rotatable bonds is 2. The van der Waals surface area contributed by atoms with Gasteiger partial charge >= 0.3 is 5.97 Å². The number of carbonyl (C=O) groups is 1. The number of hydrogen-bond acceptors (Lipinski definition) is 3. The summed E-state index contributed by atoms with van der Waals surface area (Å²) in [5.41, 5.74) is 0.404. The van der Waals surface area contributed by atoms with Crippen molar-refractivity contribution in [3.8, 4) is 0 Å². The molecule has 0 N–H and O–H groups in total. The maximum absolute atomic E-state index is 12.7. The van der Waals surface area contributed by atoms with Crippen molar-refractivity contribution in [2.45, 2.75) is 6.42 Å². The van der Waals surface area contributed by atoms with Crippen molar-refractivity contribution in [2.24, 2.45) is 0 Å². The molecule has 0 spiro atoms. The third-order valence-corrected chi connectivity index (χ3v) is 2.00. The van der Waals surface area contributed by atoms with Crippen molar-refractivity contribution in [3.63, 3.8) is 0 Å². The van der Waals surface area contributed by atoms with E-state index in [2.05, 4.69) is 4.74 Å². The van der Waals surface area contributed by atoms with Crippen LogP contribution >= 0.6 is 11.3 Å². The Morgan fingerprint density at radius 2 is 2.55 bits per heavy atom. The molecule has 0 aliphatic heterocycles. The molecule has 0 bridgehead atoms. The Kier molecular flexibility index (Phi) is 2.59. The summed E-state index contributed by atoms with van der Waals surface area (Å²) in [4.78, 5) is 10.6. The van der Waals surface area contributed by atoms with Crippen LogP contribution in [0.4, 0.5) is 4.39 Å². The summed E-state index contributed by atoms with van der Waals surface area (Å²) in [6.45, 7) is 0.